The second-order valence-corrected chi connectivity index (χ2v) is 13.1. The van der Waals surface area contributed by atoms with E-state index in [1.54, 1.807) is 19.2 Å². The molecule has 0 bridgehead atoms. The van der Waals surface area contributed by atoms with Crippen molar-refractivity contribution in [3.63, 3.8) is 0 Å². The van der Waals surface area contributed by atoms with E-state index in [2.05, 4.69) is 0 Å². The molecule has 0 aliphatic carbocycles. The quantitative estimate of drug-likeness (QED) is 0.294. The topological polar surface area (TPSA) is 52.6 Å². The van der Waals surface area contributed by atoms with E-state index < -0.39 is 17.6 Å². The summed E-state index contributed by atoms with van der Waals surface area (Å²) in [4.78, 5) is 0.101. The Morgan fingerprint density at radius 3 is 1.71 bits per heavy atom. The van der Waals surface area contributed by atoms with Gasteiger partial charge in [-0.3, -0.25) is 0 Å². The van der Waals surface area contributed by atoms with E-state index >= 15 is 0 Å². The average Bonchev–Trinajstić information content (AvgIpc) is 2.89. The van der Waals surface area contributed by atoms with Crippen molar-refractivity contribution in [2.24, 2.45) is 0 Å². The standard InChI is InChI=1S/C28H27O4PS/c1-31-25-19-21-28(22-20-25)34(29,30)32-33(26-15-7-3-8-16-26,27-17-9-4-10-18-27)23-11-14-24-12-5-2-6-13-24/h2-22,33H,23H2,1H3. The Hall–Kier alpha value is -3.24. The molecule has 0 saturated heterocycles. The number of ether oxygens (including phenoxy) is 1. The number of rotatable bonds is 9. The normalized spacial score (nSPS) is 12.5. The van der Waals surface area contributed by atoms with Gasteiger partial charge in [-0.2, -0.15) is 0 Å². The summed E-state index contributed by atoms with van der Waals surface area (Å²) < 4.78 is 38.6. The maximum atomic E-state index is 13.6. The fourth-order valence-corrected chi connectivity index (χ4v) is 9.96. The van der Waals surface area contributed by atoms with Gasteiger partial charge in [-0.15, -0.1) is 0 Å². The van der Waals surface area contributed by atoms with Crippen molar-refractivity contribution in [2.45, 2.75) is 4.90 Å². The van der Waals surface area contributed by atoms with Gasteiger partial charge in [-0.25, -0.2) is 0 Å². The Balaban J connectivity index is 1.82. The van der Waals surface area contributed by atoms with E-state index in [4.69, 9.17) is 8.71 Å². The van der Waals surface area contributed by atoms with Crippen LogP contribution in [0.3, 0.4) is 0 Å². The van der Waals surface area contributed by atoms with Gasteiger partial charge in [0.1, 0.15) is 0 Å². The molecule has 4 rings (SSSR count). The molecule has 34 heavy (non-hydrogen) atoms. The first-order valence-corrected chi connectivity index (χ1v) is 14.5. The summed E-state index contributed by atoms with van der Waals surface area (Å²) in [5, 5.41) is 1.77. The zero-order valence-corrected chi connectivity index (χ0v) is 20.7. The van der Waals surface area contributed by atoms with Crippen LogP contribution in [0.15, 0.2) is 126 Å². The van der Waals surface area contributed by atoms with Crippen molar-refractivity contribution in [1.82, 2.24) is 0 Å². The minimum absolute atomic E-state index is 0.101. The molecule has 0 unspecified atom stereocenters. The maximum absolute atomic E-state index is 13.6. The number of hydrogen-bond donors (Lipinski definition) is 0. The van der Waals surface area contributed by atoms with Crippen molar-refractivity contribution < 1.29 is 17.1 Å². The predicted molar refractivity (Wildman–Crippen MR) is 142 cm³/mol. The number of hydrogen-bond acceptors (Lipinski definition) is 4. The second-order valence-electron chi connectivity index (χ2n) is 7.79. The molecule has 4 aromatic rings. The van der Waals surface area contributed by atoms with Gasteiger partial charge in [0, 0.05) is 0 Å². The summed E-state index contributed by atoms with van der Waals surface area (Å²) in [6.45, 7) is 0. The van der Waals surface area contributed by atoms with Gasteiger partial charge in [0.2, 0.25) is 0 Å². The van der Waals surface area contributed by atoms with E-state index in [9.17, 15) is 8.42 Å². The molecule has 0 N–H and O–H groups in total. The van der Waals surface area contributed by atoms with Crippen LogP contribution in [0.5, 0.6) is 5.75 Å². The minimum atomic E-state index is -4.06. The predicted octanol–water partition coefficient (Wildman–Crippen LogP) is 5.43. The molecule has 0 aliphatic rings. The van der Waals surface area contributed by atoms with Crippen LogP contribution in [-0.2, 0) is 14.1 Å². The molecule has 0 atom stereocenters. The number of allylic oxidation sites excluding steroid dienone is 1. The SMILES string of the molecule is COc1ccc(S(=O)(=O)O[PH](CC=Cc2ccccc2)(c2ccccc2)c2ccccc2)cc1. The first-order chi connectivity index (χ1) is 16.5. The van der Waals surface area contributed by atoms with E-state index in [1.165, 1.54) is 12.1 Å². The molecule has 0 radical (unpaired) electrons. The Bertz CT molecular complexity index is 1280. The summed E-state index contributed by atoms with van der Waals surface area (Å²) in [5.41, 5.74) is 1.05. The van der Waals surface area contributed by atoms with Crippen LogP contribution >= 0.6 is 7.49 Å². The van der Waals surface area contributed by atoms with Gasteiger partial charge in [0.05, 0.1) is 0 Å². The van der Waals surface area contributed by atoms with Crippen molar-refractivity contribution in [2.75, 3.05) is 13.3 Å². The molecule has 4 nitrogen and oxygen atoms in total. The fourth-order valence-electron chi connectivity index (χ4n) is 3.85. The van der Waals surface area contributed by atoms with Crippen LogP contribution < -0.4 is 15.3 Å². The molecule has 0 fully saturated rings. The third kappa shape index (κ3) is 5.45. The molecule has 0 saturated carbocycles. The molecule has 0 aromatic heterocycles. The molecule has 174 valence electrons. The summed E-state index contributed by atoms with van der Waals surface area (Å²) in [5.74, 6) is 0.583. The van der Waals surface area contributed by atoms with Crippen molar-refractivity contribution in [3.8, 4) is 5.75 Å². The summed E-state index contributed by atoms with van der Waals surface area (Å²) in [6.07, 6.45) is 4.48. The van der Waals surface area contributed by atoms with Crippen LogP contribution in [0.1, 0.15) is 5.56 Å². The van der Waals surface area contributed by atoms with Crippen molar-refractivity contribution in [3.05, 3.63) is 127 Å². The van der Waals surface area contributed by atoms with Gasteiger partial charge >= 0.3 is 202 Å². The van der Waals surface area contributed by atoms with E-state index in [1.807, 2.05) is 103 Å². The monoisotopic (exact) mass is 490 g/mol. The van der Waals surface area contributed by atoms with Crippen LogP contribution in [-0.4, -0.2) is 21.7 Å². The summed E-state index contributed by atoms with van der Waals surface area (Å²) >= 11 is 0. The molecular weight excluding hydrogens is 463 g/mol. The zero-order chi connectivity index (χ0) is 23.9. The zero-order valence-electron chi connectivity index (χ0n) is 18.9. The molecule has 0 spiro atoms. The third-order valence-electron chi connectivity index (χ3n) is 5.60. The molecular formula is C28H27O4PS. The Morgan fingerprint density at radius 1 is 0.706 bits per heavy atom. The Morgan fingerprint density at radius 2 is 1.21 bits per heavy atom. The van der Waals surface area contributed by atoms with Crippen LogP contribution in [0, 0.1) is 0 Å². The molecule has 6 heteroatoms. The van der Waals surface area contributed by atoms with Crippen LogP contribution in [0.4, 0.5) is 0 Å². The molecule has 0 heterocycles. The van der Waals surface area contributed by atoms with Crippen LogP contribution in [0.2, 0.25) is 0 Å². The molecule has 0 aliphatic heterocycles. The number of methoxy groups -OCH3 is 1. The molecule has 4 aromatic carbocycles. The average molecular weight is 491 g/mol. The fraction of sp³-hybridized carbons (Fsp3) is 0.0714. The van der Waals surface area contributed by atoms with Gasteiger partial charge in [0.25, 0.3) is 0 Å². The Labute approximate surface area is 202 Å². The van der Waals surface area contributed by atoms with Crippen molar-refractivity contribution in [1.29, 1.82) is 0 Å². The summed E-state index contributed by atoms with van der Waals surface area (Å²) in [6, 6.07) is 35.6. The first-order valence-electron chi connectivity index (χ1n) is 11.0. The third-order valence-corrected chi connectivity index (χ3v) is 11.8. The Kier molecular flexibility index (Phi) is 7.59. The van der Waals surface area contributed by atoms with Gasteiger partial charge in [-0.05, 0) is 0 Å². The van der Waals surface area contributed by atoms with Crippen LogP contribution in [0.25, 0.3) is 6.08 Å². The van der Waals surface area contributed by atoms with Gasteiger partial charge in [-0.1, -0.05) is 0 Å². The second kappa shape index (κ2) is 10.8. The van der Waals surface area contributed by atoms with E-state index in [-0.39, 0.29) is 4.90 Å². The van der Waals surface area contributed by atoms with Gasteiger partial charge in [0.15, 0.2) is 0 Å². The van der Waals surface area contributed by atoms with E-state index in [0.29, 0.717) is 11.9 Å². The number of benzene rings is 4. The van der Waals surface area contributed by atoms with Gasteiger partial charge < -0.3 is 0 Å². The molecule has 0 amide bonds. The van der Waals surface area contributed by atoms with Crippen molar-refractivity contribution >= 4 is 34.3 Å². The van der Waals surface area contributed by atoms with E-state index in [0.717, 1.165) is 16.2 Å². The first kappa shape index (κ1) is 23.9. The summed E-state index contributed by atoms with van der Waals surface area (Å²) in [7, 11) is -5.77.